The SMILES string of the molecule is CCCCCCCCCCCCCCCC(=O)O.Cn1cc(-c2ccc(CCOCCC(=O)N(CCNCCc3ccc(O)c4c3OCC(=O)N4)C3CCCCC3)cc2)cn1. The number of aliphatic carboxylic acids is 1. The van der Waals surface area contributed by atoms with E-state index in [0.29, 0.717) is 69.6 Å². The second-order valence-corrected chi connectivity index (χ2v) is 16.8. The third kappa shape index (κ3) is 19.0. The van der Waals surface area contributed by atoms with Crippen molar-refractivity contribution in [2.75, 3.05) is 44.8 Å². The van der Waals surface area contributed by atoms with Crippen LogP contribution >= 0.6 is 0 Å². The monoisotopic (exact) mass is 846 g/mol. The Morgan fingerprint density at radius 2 is 1.52 bits per heavy atom. The molecule has 0 spiro atoms. The summed E-state index contributed by atoms with van der Waals surface area (Å²) in [4.78, 5) is 37.3. The van der Waals surface area contributed by atoms with Crippen molar-refractivity contribution >= 4 is 23.5 Å². The van der Waals surface area contributed by atoms with E-state index in [2.05, 4.69) is 51.8 Å². The summed E-state index contributed by atoms with van der Waals surface area (Å²) in [6.07, 6.45) is 28.7. The van der Waals surface area contributed by atoms with Gasteiger partial charge in [0.1, 0.15) is 11.4 Å². The fourth-order valence-electron chi connectivity index (χ4n) is 8.19. The number of carbonyl (C=O) groups excluding carboxylic acids is 2. The van der Waals surface area contributed by atoms with Crippen LogP contribution in [0, 0.1) is 0 Å². The molecule has 12 heteroatoms. The lowest BCUT2D eigenvalue weighted by Crippen LogP contribution is -2.45. The fraction of sp³-hybridized carbons (Fsp3) is 0.633. The number of anilines is 1. The highest BCUT2D eigenvalue weighted by molar-refractivity contribution is 5.97. The molecule has 0 atom stereocenters. The highest BCUT2D eigenvalue weighted by atomic mass is 16.5. The van der Waals surface area contributed by atoms with Crippen molar-refractivity contribution in [2.45, 2.75) is 154 Å². The number of carbonyl (C=O) groups is 3. The number of unbranched alkanes of at least 4 members (excludes halogenated alkanes) is 12. The average Bonchev–Trinajstić information content (AvgIpc) is 3.71. The fourth-order valence-corrected chi connectivity index (χ4v) is 8.19. The minimum Gasteiger partial charge on any atom is -0.506 e. The number of hydrogen-bond donors (Lipinski definition) is 4. The molecule has 2 aromatic carbocycles. The van der Waals surface area contributed by atoms with Gasteiger partial charge >= 0.3 is 5.97 Å². The molecule has 12 nitrogen and oxygen atoms in total. The van der Waals surface area contributed by atoms with E-state index < -0.39 is 5.97 Å². The van der Waals surface area contributed by atoms with Crippen LogP contribution in [0.15, 0.2) is 48.8 Å². The van der Waals surface area contributed by atoms with Gasteiger partial charge in [0.2, 0.25) is 5.91 Å². The normalized spacial score (nSPS) is 13.8. The number of carboxylic acids is 1. The molecule has 0 saturated heterocycles. The summed E-state index contributed by atoms with van der Waals surface area (Å²) in [5, 5.41) is 28.9. The van der Waals surface area contributed by atoms with Gasteiger partial charge in [-0.15, -0.1) is 0 Å². The number of rotatable bonds is 28. The second kappa shape index (κ2) is 29.0. The van der Waals surface area contributed by atoms with E-state index in [9.17, 15) is 19.5 Å². The van der Waals surface area contributed by atoms with Gasteiger partial charge in [-0.2, -0.15) is 5.10 Å². The molecular formula is C49H75N5O7. The molecule has 61 heavy (non-hydrogen) atoms. The van der Waals surface area contributed by atoms with Gasteiger partial charge < -0.3 is 35.2 Å². The Kier molecular flexibility index (Phi) is 23.4. The molecule has 1 fully saturated rings. The third-order valence-electron chi connectivity index (χ3n) is 11.7. The van der Waals surface area contributed by atoms with Gasteiger partial charge in [0.25, 0.3) is 5.91 Å². The molecule has 338 valence electrons. The zero-order valence-electron chi connectivity index (χ0n) is 37.3. The highest BCUT2D eigenvalue weighted by Gasteiger charge is 2.25. The summed E-state index contributed by atoms with van der Waals surface area (Å²) in [5.74, 6) is -0.241. The number of phenolic OH excluding ortho intramolecular Hbond substituents is 1. The van der Waals surface area contributed by atoms with E-state index in [4.69, 9.17) is 14.6 Å². The van der Waals surface area contributed by atoms with Crippen molar-refractivity contribution in [3.8, 4) is 22.6 Å². The molecule has 0 unspecified atom stereocenters. The molecule has 1 aliphatic heterocycles. The van der Waals surface area contributed by atoms with Gasteiger partial charge in [-0.05, 0) is 61.4 Å². The van der Waals surface area contributed by atoms with Gasteiger partial charge in [-0.1, -0.05) is 134 Å². The lowest BCUT2D eigenvalue weighted by molar-refractivity contribution is -0.137. The van der Waals surface area contributed by atoms with E-state index in [1.807, 2.05) is 25.5 Å². The maximum atomic E-state index is 13.3. The predicted molar refractivity (Wildman–Crippen MR) is 243 cm³/mol. The summed E-state index contributed by atoms with van der Waals surface area (Å²) < 4.78 is 13.3. The average molecular weight is 846 g/mol. The van der Waals surface area contributed by atoms with Gasteiger partial charge in [0.05, 0.1) is 25.8 Å². The molecule has 2 heterocycles. The lowest BCUT2D eigenvalue weighted by Gasteiger charge is -2.34. The van der Waals surface area contributed by atoms with E-state index >= 15 is 0 Å². The van der Waals surface area contributed by atoms with Crippen LogP contribution in [0.3, 0.4) is 0 Å². The first-order valence-corrected chi connectivity index (χ1v) is 23.4. The molecule has 3 aromatic rings. The van der Waals surface area contributed by atoms with Crippen molar-refractivity contribution in [1.82, 2.24) is 20.0 Å². The summed E-state index contributed by atoms with van der Waals surface area (Å²) in [6.45, 7) is 5.25. The minimum absolute atomic E-state index is 0.000764. The third-order valence-corrected chi connectivity index (χ3v) is 11.7. The van der Waals surface area contributed by atoms with Crippen LogP contribution in [0.2, 0.25) is 0 Å². The Labute approximate surface area is 365 Å². The first-order chi connectivity index (χ1) is 29.7. The van der Waals surface area contributed by atoms with Gasteiger partial charge in [-0.3, -0.25) is 19.1 Å². The molecule has 4 N–H and O–H groups in total. The Morgan fingerprint density at radius 1 is 0.852 bits per heavy atom. The van der Waals surface area contributed by atoms with Crippen LogP contribution in [0.1, 0.15) is 146 Å². The summed E-state index contributed by atoms with van der Waals surface area (Å²) in [5.41, 5.74) is 4.70. The Balaban J connectivity index is 0.000000385. The van der Waals surface area contributed by atoms with E-state index in [1.54, 1.807) is 10.7 Å². The molecule has 2 amide bonds. The van der Waals surface area contributed by atoms with Gasteiger partial charge in [-0.25, -0.2) is 0 Å². The number of hydrogen-bond acceptors (Lipinski definition) is 8. The van der Waals surface area contributed by atoms with Crippen molar-refractivity contribution in [1.29, 1.82) is 0 Å². The first kappa shape index (κ1) is 49.2. The number of aromatic hydroxyl groups is 1. The number of phenols is 1. The van der Waals surface area contributed by atoms with Crippen molar-refractivity contribution in [2.24, 2.45) is 7.05 Å². The molecule has 1 aliphatic carbocycles. The maximum Gasteiger partial charge on any atom is 0.303 e. The highest BCUT2D eigenvalue weighted by Crippen LogP contribution is 2.39. The predicted octanol–water partition coefficient (Wildman–Crippen LogP) is 9.62. The van der Waals surface area contributed by atoms with E-state index in [0.717, 1.165) is 48.8 Å². The van der Waals surface area contributed by atoms with Crippen LogP contribution < -0.4 is 15.4 Å². The number of aromatic nitrogens is 2. The molecule has 0 radical (unpaired) electrons. The topological polar surface area (TPSA) is 155 Å². The number of ether oxygens (including phenoxy) is 2. The van der Waals surface area contributed by atoms with Crippen LogP contribution in [0.4, 0.5) is 5.69 Å². The van der Waals surface area contributed by atoms with Crippen LogP contribution in [-0.2, 0) is 39.0 Å². The standard InChI is InChI=1S/C33H43N5O5.C16H32O2/c1-37-22-27(21-35-37)25-9-7-24(8-10-25)14-19-42-20-15-31(41)38(28-5-3-2-4-6-28)18-17-34-16-13-26-11-12-29(39)32-33(26)43-23-30(40)36-32;1-2-3-4-5-6-7-8-9-10-11-12-13-14-15-16(17)18/h7-12,21-22,28,34,39H,2-6,13-20,23H2,1H3,(H,36,40);2-15H2,1H3,(H,17,18). The number of aryl methyl sites for hydroxylation is 1. The van der Waals surface area contributed by atoms with Gasteiger partial charge in [0, 0.05) is 44.4 Å². The molecule has 5 rings (SSSR count). The second-order valence-electron chi connectivity index (χ2n) is 16.8. The summed E-state index contributed by atoms with van der Waals surface area (Å²) in [6, 6.07) is 12.2. The molecule has 2 aliphatic rings. The van der Waals surface area contributed by atoms with Crippen LogP contribution in [0.25, 0.3) is 11.1 Å². The minimum atomic E-state index is -0.655. The molecule has 1 saturated carbocycles. The van der Waals surface area contributed by atoms with E-state index in [1.165, 1.54) is 95.5 Å². The Bertz CT molecular complexity index is 1710. The van der Waals surface area contributed by atoms with Crippen molar-refractivity contribution in [3.63, 3.8) is 0 Å². The number of nitrogens with zero attached hydrogens (tertiary/aromatic N) is 3. The van der Waals surface area contributed by atoms with Crippen molar-refractivity contribution < 1.29 is 34.1 Å². The largest absolute Gasteiger partial charge is 0.506 e. The lowest BCUT2D eigenvalue weighted by atomic mass is 9.94. The number of benzene rings is 2. The smallest absolute Gasteiger partial charge is 0.303 e. The maximum absolute atomic E-state index is 13.3. The summed E-state index contributed by atoms with van der Waals surface area (Å²) in [7, 11) is 1.91. The molecule has 1 aromatic heterocycles. The first-order valence-electron chi connectivity index (χ1n) is 23.4. The Hall–Kier alpha value is -4.42. The number of amides is 2. The molecular weight excluding hydrogens is 771 g/mol. The van der Waals surface area contributed by atoms with E-state index in [-0.39, 0.29) is 24.2 Å². The Morgan fingerprint density at radius 3 is 2.16 bits per heavy atom. The van der Waals surface area contributed by atoms with Crippen LogP contribution in [-0.4, -0.2) is 88.2 Å². The van der Waals surface area contributed by atoms with Crippen LogP contribution in [0.5, 0.6) is 11.5 Å². The number of fused-ring (bicyclic) bond motifs is 1. The van der Waals surface area contributed by atoms with Gasteiger partial charge in [0.15, 0.2) is 12.4 Å². The zero-order chi connectivity index (χ0) is 43.5. The number of carboxylic acid groups (broad SMARTS) is 1. The number of nitrogens with one attached hydrogen (secondary N) is 2. The van der Waals surface area contributed by atoms with Crippen molar-refractivity contribution in [3.05, 3.63) is 59.9 Å². The molecule has 0 bridgehead atoms. The zero-order valence-corrected chi connectivity index (χ0v) is 37.3. The summed E-state index contributed by atoms with van der Waals surface area (Å²) >= 11 is 0. The quantitative estimate of drug-likeness (QED) is 0.0413.